The number of nitrogens with one attached hydrogen (secondary N) is 2. The summed E-state index contributed by atoms with van der Waals surface area (Å²) in [5, 5.41) is 19.7. The predicted octanol–water partition coefficient (Wildman–Crippen LogP) is 7.50. The summed E-state index contributed by atoms with van der Waals surface area (Å²) in [4.78, 5) is 36.3. The van der Waals surface area contributed by atoms with E-state index in [1.54, 1.807) is 46.0 Å². The number of thiocarbonyl (C=S) groups is 1. The number of ketones is 2. The minimum atomic E-state index is -0.104. The van der Waals surface area contributed by atoms with Gasteiger partial charge in [-0.15, -0.1) is 22.7 Å². The first-order chi connectivity index (χ1) is 23.5. The molecule has 13 heteroatoms. The molecule has 8 aromatic rings. The van der Waals surface area contributed by atoms with Crippen LogP contribution in [-0.2, 0) is 0 Å². The van der Waals surface area contributed by atoms with Gasteiger partial charge in [-0.1, -0.05) is 36.4 Å². The lowest BCUT2D eigenvalue weighted by molar-refractivity contribution is 0.103. The molecule has 232 valence electrons. The lowest BCUT2D eigenvalue weighted by atomic mass is 10.1. The number of fused-ring (bicyclic) bond motifs is 2. The molecule has 0 atom stereocenters. The lowest BCUT2D eigenvalue weighted by Crippen LogP contribution is -2.19. The first kappa shape index (κ1) is 29.5. The number of anilines is 2. The highest BCUT2D eigenvalue weighted by Crippen LogP contribution is 2.28. The van der Waals surface area contributed by atoms with Crippen LogP contribution in [0.15, 0.2) is 120 Å². The second-order valence-electron chi connectivity index (χ2n) is 10.6. The molecule has 0 bridgehead atoms. The Bertz CT molecular complexity index is 2310. The maximum atomic E-state index is 13.0. The van der Waals surface area contributed by atoms with Crippen molar-refractivity contribution in [2.24, 2.45) is 0 Å². The van der Waals surface area contributed by atoms with E-state index in [0.29, 0.717) is 37.3 Å². The van der Waals surface area contributed by atoms with Crippen molar-refractivity contribution in [3.63, 3.8) is 0 Å². The van der Waals surface area contributed by atoms with E-state index in [4.69, 9.17) is 12.2 Å². The Balaban J connectivity index is 1.01. The molecule has 0 saturated carbocycles. The number of nitrogens with zero attached hydrogens (tertiary/aromatic N) is 6. The van der Waals surface area contributed by atoms with Gasteiger partial charge in [-0.05, 0) is 71.5 Å². The molecular weight excluding hydrogens is 661 g/mol. The van der Waals surface area contributed by atoms with Crippen LogP contribution in [0.25, 0.3) is 33.8 Å². The third-order valence-electron chi connectivity index (χ3n) is 7.61. The number of hydrogen-bond acceptors (Lipinski definition) is 9. The molecule has 0 aliphatic carbocycles. The fourth-order valence-corrected chi connectivity index (χ4v) is 7.02. The van der Waals surface area contributed by atoms with E-state index in [9.17, 15) is 9.59 Å². The molecule has 0 unspecified atom stereocenters. The van der Waals surface area contributed by atoms with Crippen molar-refractivity contribution in [1.82, 2.24) is 29.2 Å². The molecule has 0 aliphatic rings. The van der Waals surface area contributed by atoms with Crippen molar-refractivity contribution in [3.05, 3.63) is 141 Å². The minimum Gasteiger partial charge on any atom is -0.332 e. The Morgan fingerprint density at radius 3 is 1.54 bits per heavy atom. The second-order valence-corrected chi connectivity index (χ2v) is 12.9. The Hall–Kier alpha value is -5.89. The highest BCUT2D eigenvalue weighted by Gasteiger charge is 2.20. The standard InChI is InChI=1S/C35H22N8O2S3/c44-31(29-9-3-15-47-29)25-19-38-42-27(11-13-36-33(25)42)21-5-1-7-23(17-21)40-35(46)41-24-8-2-6-22(18-24)28-12-14-37-34-26(20-39-43(28)34)32(45)30-10-4-16-48-30/h1-20H,(H2,40,41,46). The topological polar surface area (TPSA) is 119 Å². The van der Waals surface area contributed by atoms with E-state index in [-0.39, 0.29) is 11.6 Å². The zero-order valence-electron chi connectivity index (χ0n) is 24.8. The van der Waals surface area contributed by atoms with Crippen molar-refractivity contribution in [2.45, 2.75) is 0 Å². The molecule has 0 amide bonds. The van der Waals surface area contributed by atoms with Gasteiger partial charge in [-0.3, -0.25) is 9.59 Å². The van der Waals surface area contributed by atoms with Crippen LogP contribution in [0, 0.1) is 0 Å². The fourth-order valence-electron chi connectivity index (χ4n) is 5.43. The summed E-state index contributed by atoms with van der Waals surface area (Å²) in [6.45, 7) is 0. The van der Waals surface area contributed by atoms with E-state index in [1.165, 1.54) is 22.7 Å². The molecule has 2 N–H and O–H groups in total. The van der Waals surface area contributed by atoms with Crippen molar-refractivity contribution in [1.29, 1.82) is 0 Å². The van der Waals surface area contributed by atoms with E-state index in [2.05, 4.69) is 30.8 Å². The maximum absolute atomic E-state index is 13.0. The average molecular weight is 683 g/mol. The zero-order valence-corrected chi connectivity index (χ0v) is 27.2. The van der Waals surface area contributed by atoms with Gasteiger partial charge in [0.2, 0.25) is 11.6 Å². The van der Waals surface area contributed by atoms with E-state index >= 15 is 0 Å². The van der Waals surface area contributed by atoms with Gasteiger partial charge in [0, 0.05) is 34.9 Å². The lowest BCUT2D eigenvalue weighted by Gasteiger charge is -2.13. The highest BCUT2D eigenvalue weighted by atomic mass is 32.1. The number of thiophene rings is 2. The van der Waals surface area contributed by atoms with Crippen LogP contribution in [0.2, 0.25) is 0 Å². The summed E-state index contributed by atoms with van der Waals surface area (Å²) in [6, 6.07) is 26.5. The van der Waals surface area contributed by atoms with Crippen LogP contribution in [-0.4, -0.2) is 45.9 Å². The number of hydrogen-bond donors (Lipinski definition) is 2. The van der Waals surface area contributed by atoms with Crippen molar-refractivity contribution in [2.75, 3.05) is 10.6 Å². The number of carbonyl (C=O) groups excluding carboxylic acids is 2. The monoisotopic (exact) mass is 682 g/mol. The third kappa shape index (κ3) is 5.45. The Morgan fingerprint density at radius 2 is 1.10 bits per heavy atom. The molecule has 6 aromatic heterocycles. The van der Waals surface area contributed by atoms with Gasteiger partial charge in [0.15, 0.2) is 16.4 Å². The number of benzene rings is 2. The summed E-state index contributed by atoms with van der Waals surface area (Å²) in [5.41, 5.74) is 6.73. The van der Waals surface area contributed by atoms with Gasteiger partial charge < -0.3 is 10.6 Å². The van der Waals surface area contributed by atoms with Crippen LogP contribution in [0.5, 0.6) is 0 Å². The Labute approximate surface area is 286 Å². The van der Waals surface area contributed by atoms with Gasteiger partial charge in [-0.2, -0.15) is 10.2 Å². The molecular formula is C35H22N8O2S3. The van der Waals surface area contributed by atoms with Gasteiger partial charge >= 0.3 is 0 Å². The predicted molar refractivity (Wildman–Crippen MR) is 192 cm³/mol. The normalized spacial score (nSPS) is 11.2. The molecule has 8 rings (SSSR count). The maximum Gasteiger partial charge on any atom is 0.208 e. The smallest absolute Gasteiger partial charge is 0.208 e. The third-order valence-corrected chi connectivity index (χ3v) is 9.56. The largest absolute Gasteiger partial charge is 0.332 e. The van der Waals surface area contributed by atoms with E-state index < -0.39 is 0 Å². The molecule has 6 heterocycles. The molecule has 0 aliphatic heterocycles. The van der Waals surface area contributed by atoms with Crippen LogP contribution < -0.4 is 10.6 Å². The van der Waals surface area contributed by atoms with Crippen LogP contribution >= 0.6 is 34.9 Å². The average Bonchev–Trinajstić information content (AvgIpc) is 3.94. The first-order valence-corrected chi connectivity index (χ1v) is 16.8. The van der Waals surface area contributed by atoms with Crippen molar-refractivity contribution < 1.29 is 9.59 Å². The van der Waals surface area contributed by atoms with Gasteiger partial charge in [0.1, 0.15) is 0 Å². The van der Waals surface area contributed by atoms with Crippen LogP contribution in [0.3, 0.4) is 0 Å². The summed E-state index contributed by atoms with van der Waals surface area (Å²) >= 11 is 8.46. The van der Waals surface area contributed by atoms with Crippen LogP contribution in [0.4, 0.5) is 11.4 Å². The quantitative estimate of drug-likeness (QED) is 0.124. The van der Waals surface area contributed by atoms with Crippen molar-refractivity contribution >= 4 is 74.2 Å². The summed E-state index contributed by atoms with van der Waals surface area (Å²) < 4.78 is 3.36. The first-order valence-electron chi connectivity index (χ1n) is 14.6. The molecule has 0 spiro atoms. The van der Waals surface area contributed by atoms with E-state index in [0.717, 1.165) is 33.9 Å². The molecule has 2 aromatic carbocycles. The minimum absolute atomic E-state index is 0.104. The molecule has 0 radical (unpaired) electrons. The summed E-state index contributed by atoms with van der Waals surface area (Å²) in [6.07, 6.45) is 6.49. The molecule has 10 nitrogen and oxygen atoms in total. The Kier molecular flexibility index (Phi) is 7.61. The molecule has 48 heavy (non-hydrogen) atoms. The summed E-state index contributed by atoms with van der Waals surface area (Å²) in [5.74, 6) is -0.208. The van der Waals surface area contributed by atoms with E-state index in [1.807, 2.05) is 83.6 Å². The van der Waals surface area contributed by atoms with Gasteiger partial charge in [0.25, 0.3) is 0 Å². The highest BCUT2D eigenvalue weighted by molar-refractivity contribution is 7.80. The zero-order chi connectivity index (χ0) is 32.6. The molecule has 0 saturated heterocycles. The Morgan fingerprint density at radius 1 is 0.625 bits per heavy atom. The second kappa shape index (κ2) is 12.4. The van der Waals surface area contributed by atoms with Gasteiger partial charge in [-0.25, -0.2) is 19.0 Å². The molecule has 0 fully saturated rings. The van der Waals surface area contributed by atoms with Crippen LogP contribution in [0.1, 0.15) is 30.5 Å². The van der Waals surface area contributed by atoms with Crippen molar-refractivity contribution in [3.8, 4) is 22.5 Å². The SMILES string of the molecule is O=C(c1cccs1)c1cnn2c(-c3cccc(NC(=S)Nc4cccc(-c5ccnc6c(C(=O)c7cccs7)cnn56)c4)c3)ccnc12. The fraction of sp³-hybridized carbons (Fsp3) is 0. The van der Waals surface area contributed by atoms with Gasteiger partial charge in [0.05, 0.1) is 44.7 Å². The number of carbonyl (C=O) groups is 2. The number of aromatic nitrogens is 6. The summed E-state index contributed by atoms with van der Waals surface area (Å²) in [7, 11) is 0. The number of rotatable bonds is 8.